The van der Waals surface area contributed by atoms with Crippen LogP contribution in [0.5, 0.6) is 0 Å². The van der Waals surface area contributed by atoms with Crippen molar-refractivity contribution in [1.82, 2.24) is 0 Å². The number of carbonyl (C=O) groups is 2. The Morgan fingerprint density at radius 3 is 1.23 bits per heavy atom. The highest BCUT2D eigenvalue weighted by atomic mass is 16.7. The SMILES string of the molecule is CCCCCCCCCCCCCCC(C(=O)OC(O)(CC)C(CCCCCCCCCCCCCC)C(N)=O)C(C)O. The van der Waals surface area contributed by atoms with Crippen LogP contribution in [-0.2, 0) is 14.3 Å². The summed E-state index contributed by atoms with van der Waals surface area (Å²) in [6.07, 6.45) is 29.3. The molecule has 0 aromatic carbocycles. The molecule has 0 aliphatic rings. The second-order valence-corrected chi connectivity index (χ2v) is 13.3. The third-order valence-electron chi connectivity index (χ3n) is 9.27. The zero-order valence-electron chi connectivity index (χ0n) is 29.0. The van der Waals surface area contributed by atoms with E-state index in [1.54, 1.807) is 13.8 Å². The van der Waals surface area contributed by atoms with Crippen molar-refractivity contribution < 1.29 is 24.5 Å². The molecule has 0 saturated carbocycles. The molecule has 1 amide bonds. The Balaban J connectivity index is 4.41. The Kier molecular flexibility index (Phi) is 27.6. The molecule has 6 nitrogen and oxygen atoms in total. The van der Waals surface area contributed by atoms with Gasteiger partial charge in [-0.3, -0.25) is 9.59 Å². The Morgan fingerprint density at radius 1 is 0.605 bits per heavy atom. The van der Waals surface area contributed by atoms with Crippen molar-refractivity contribution in [2.75, 3.05) is 0 Å². The normalized spacial score (nSPS) is 15.1. The predicted octanol–water partition coefficient (Wildman–Crippen LogP) is 9.91. The number of hydrogen-bond donors (Lipinski definition) is 3. The molecule has 0 heterocycles. The summed E-state index contributed by atoms with van der Waals surface area (Å²) in [5, 5.41) is 21.6. The minimum Gasteiger partial charge on any atom is -0.432 e. The third-order valence-corrected chi connectivity index (χ3v) is 9.27. The molecule has 43 heavy (non-hydrogen) atoms. The van der Waals surface area contributed by atoms with Crippen LogP contribution in [0.15, 0.2) is 0 Å². The van der Waals surface area contributed by atoms with Crippen molar-refractivity contribution in [2.24, 2.45) is 17.6 Å². The fourth-order valence-corrected chi connectivity index (χ4v) is 6.18. The minimum absolute atomic E-state index is 0.0791. The van der Waals surface area contributed by atoms with E-state index in [0.717, 1.165) is 38.5 Å². The molecule has 0 fully saturated rings. The first-order valence-corrected chi connectivity index (χ1v) is 18.7. The number of carbonyl (C=O) groups excluding carboxylic acids is 2. The van der Waals surface area contributed by atoms with Gasteiger partial charge >= 0.3 is 5.97 Å². The van der Waals surface area contributed by atoms with Crippen LogP contribution in [-0.4, -0.2) is 34.0 Å². The number of unbranched alkanes of at least 4 members (excludes halogenated alkanes) is 22. The van der Waals surface area contributed by atoms with Gasteiger partial charge in [0.05, 0.1) is 12.0 Å². The summed E-state index contributed by atoms with van der Waals surface area (Å²) >= 11 is 0. The summed E-state index contributed by atoms with van der Waals surface area (Å²) in [5.41, 5.74) is 5.69. The lowest BCUT2D eigenvalue weighted by atomic mass is 9.89. The molecule has 0 spiro atoms. The van der Waals surface area contributed by atoms with Gasteiger partial charge in [-0.1, -0.05) is 175 Å². The third kappa shape index (κ3) is 22.1. The van der Waals surface area contributed by atoms with E-state index in [-0.39, 0.29) is 6.42 Å². The first kappa shape index (κ1) is 41.9. The van der Waals surface area contributed by atoms with Crippen LogP contribution < -0.4 is 5.73 Å². The van der Waals surface area contributed by atoms with Crippen LogP contribution in [0.1, 0.15) is 201 Å². The maximum Gasteiger partial charge on any atom is 0.314 e. The van der Waals surface area contributed by atoms with E-state index in [0.29, 0.717) is 12.8 Å². The van der Waals surface area contributed by atoms with Gasteiger partial charge in [0.25, 0.3) is 0 Å². The smallest absolute Gasteiger partial charge is 0.314 e. The first-order chi connectivity index (χ1) is 20.7. The second kappa shape index (κ2) is 28.3. The van der Waals surface area contributed by atoms with Crippen LogP contribution >= 0.6 is 0 Å². The van der Waals surface area contributed by atoms with Gasteiger partial charge in [0.1, 0.15) is 5.92 Å². The number of nitrogens with two attached hydrogens (primary N) is 1. The van der Waals surface area contributed by atoms with Gasteiger partial charge in [0.15, 0.2) is 0 Å². The average Bonchev–Trinajstić information content (AvgIpc) is 2.97. The highest BCUT2D eigenvalue weighted by Crippen LogP contribution is 2.31. The fourth-order valence-electron chi connectivity index (χ4n) is 6.18. The zero-order chi connectivity index (χ0) is 32.2. The van der Waals surface area contributed by atoms with Gasteiger partial charge in [0.2, 0.25) is 11.7 Å². The van der Waals surface area contributed by atoms with E-state index in [2.05, 4.69) is 13.8 Å². The van der Waals surface area contributed by atoms with Gasteiger partial charge in [-0.25, -0.2) is 0 Å². The predicted molar refractivity (Wildman–Crippen MR) is 181 cm³/mol. The minimum atomic E-state index is -1.94. The maximum absolute atomic E-state index is 13.1. The number of amides is 1. The van der Waals surface area contributed by atoms with E-state index in [4.69, 9.17) is 10.5 Å². The van der Waals surface area contributed by atoms with Crippen LogP contribution in [0.4, 0.5) is 0 Å². The molecule has 4 N–H and O–H groups in total. The van der Waals surface area contributed by atoms with Crippen molar-refractivity contribution in [2.45, 2.75) is 213 Å². The molecular formula is C37H73NO5. The monoisotopic (exact) mass is 612 g/mol. The van der Waals surface area contributed by atoms with Crippen molar-refractivity contribution in [3.63, 3.8) is 0 Å². The summed E-state index contributed by atoms with van der Waals surface area (Å²) in [5.74, 6) is -4.89. The maximum atomic E-state index is 13.1. The number of aliphatic hydroxyl groups excluding tert-OH is 1. The molecule has 0 aliphatic heterocycles. The van der Waals surface area contributed by atoms with Gasteiger partial charge < -0.3 is 20.7 Å². The van der Waals surface area contributed by atoms with Crippen LogP contribution in [0.2, 0.25) is 0 Å². The topological polar surface area (TPSA) is 110 Å². The lowest BCUT2D eigenvalue weighted by Gasteiger charge is -2.34. The van der Waals surface area contributed by atoms with Gasteiger partial charge in [0, 0.05) is 6.42 Å². The standard InChI is InChI=1S/C37H73NO5/c1-5-8-10-12-14-16-18-20-22-24-26-28-30-33(32(4)39)36(41)43-37(42,7-3)34(35(38)40)31-29-27-25-23-21-19-17-15-13-11-9-6-2/h32-34,39,42H,5-31H2,1-4H3,(H2,38,40). The lowest BCUT2D eigenvalue weighted by Crippen LogP contribution is -2.49. The fraction of sp³-hybridized carbons (Fsp3) is 0.946. The van der Waals surface area contributed by atoms with Crippen LogP contribution in [0.25, 0.3) is 0 Å². The van der Waals surface area contributed by atoms with Crippen molar-refractivity contribution in [3.8, 4) is 0 Å². The van der Waals surface area contributed by atoms with E-state index in [1.807, 2.05) is 0 Å². The Labute approximate surface area is 266 Å². The summed E-state index contributed by atoms with van der Waals surface area (Å²) in [4.78, 5) is 25.4. The van der Waals surface area contributed by atoms with Gasteiger partial charge in [-0.15, -0.1) is 0 Å². The van der Waals surface area contributed by atoms with Gasteiger partial charge in [-0.2, -0.15) is 0 Å². The molecule has 0 bridgehead atoms. The molecule has 0 radical (unpaired) electrons. The van der Waals surface area contributed by atoms with E-state index in [1.165, 1.54) is 116 Å². The summed E-state index contributed by atoms with van der Waals surface area (Å²) < 4.78 is 5.60. The summed E-state index contributed by atoms with van der Waals surface area (Å²) in [6.45, 7) is 7.79. The number of hydrogen-bond acceptors (Lipinski definition) is 5. The Bertz CT molecular complexity index is 655. The van der Waals surface area contributed by atoms with E-state index >= 15 is 0 Å². The lowest BCUT2D eigenvalue weighted by molar-refractivity contribution is -0.237. The molecule has 0 aromatic heterocycles. The quantitative estimate of drug-likeness (QED) is 0.0398. The number of primary amides is 1. The summed E-state index contributed by atoms with van der Waals surface area (Å²) in [6, 6.07) is 0. The van der Waals surface area contributed by atoms with E-state index < -0.39 is 35.6 Å². The molecule has 0 aromatic rings. The largest absolute Gasteiger partial charge is 0.432 e. The van der Waals surface area contributed by atoms with Crippen molar-refractivity contribution in [3.05, 3.63) is 0 Å². The van der Waals surface area contributed by atoms with Crippen LogP contribution in [0.3, 0.4) is 0 Å². The first-order valence-electron chi connectivity index (χ1n) is 18.7. The number of ether oxygens (including phenoxy) is 1. The van der Waals surface area contributed by atoms with Crippen molar-refractivity contribution in [1.29, 1.82) is 0 Å². The number of esters is 1. The molecule has 256 valence electrons. The molecule has 4 atom stereocenters. The average molecular weight is 612 g/mol. The Hall–Kier alpha value is -1.14. The van der Waals surface area contributed by atoms with E-state index in [9.17, 15) is 19.8 Å². The zero-order valence-corrected chi connectivity index (χ0v) is 29.0. The highest BCUT2D eigenvalue weighted by Gasteiger charge is 2.44. The molecule has 0 saturated heterocycles. The van der Waals surface area contributed by atoms with Crippen molar-refractivity contribution >= 4 is 11.9 Å². The number of rotatable bonds is 32. The molecule has 0 rings (SSSR count). The molecule has 0 aliphatic carbocycles. The Morgan fingerprint density at radius 2 is 0.930 bits per heavy atom. The molecule has 6 heteroatoms. The van der Waals surface area contributed by atoms with Crippen LogP contribution in [0, 0.1) is 11.8 Å². The number of aliphatic hydroxyl groups is 2. The molecular weight excluding hydrogens is 538 g/mol. The van der Waals surface area contributed by atoms with Gasteiger partial charge in [-0.05, 0) is 19.8 Å². The highest BCUT2D eigenvalue weighted by molar-refractivity contribution is 5.79. The molecule has 4 unspecified atom stereocenters. The second-order valence-electron chi connectivity index (χ2n) is 13.3. The summed E-state index contributed by atoms with van der Waals surface area (Å²) in [7, 11) is 0.